The largest absolute Gasteiger partial charge is 0.337 e. The van der Waals surface area contributed by atoms with E-state index in [2.05, 4.69) is 22.4 Å². The van der Waals surface area contributed by atoms with Gasteiger partial charge >= 0.3 is 0 Å². The number of H-pyrrole nitrogens is 1. The summed E-state index contributed by atoms with van der Waals surface area (Å²) >= 11 is 0. The molecule has 1 aromatic rings. The van der Waals surface area contributed by atoms with E-state index in [0.717, 1.165) is 45.4 Å². The highest BCUT2D eigenvalue weighted by atomic mass is 16.2. The number of piperidine rings is 1. The lowest BCUT2D eigenvalue weighted by molar-refractivity contribution is 0.0710. The van der Waals surface area contributed by atoms with Gasteiger partial charge in [0.15, 0.2) is 0 Å². The number of hydrogen-bond acceptors (Lipinski definition) is 3. The van der Waals surface area contributed by atoms with Crippen LogP contribution in [0.5, 0.6) is 0 Å². The summed E-state index contributed by atoms with van der Waals surface area (Å²) in [7, 11) is 0. The molecule has 0 spiro atoms. The Morgan fingerprint density at radius 3 is 2.89 bits per heavy atom. The summed E-state index contributed by atoms with van der Waals surface area (Å²) in [5, 5.41) is 9.97. The summed E-state index contributed by atoms with van der Waals surface area (Å²) in [4.78, 5) is 14.3. The first kappa shape index (κ1) is 13.1. The quantitative estimate of drug-likeness (QED) is 0.827. The van der Waals surface area contributed by atoms with E-state index in [-0.39, 0.29) is 5.91 Å². The number of rotatable bonds is 5. The molecule has 1 amide bonds. The van der Waals surface area contributed by atoms with Crippen LogP contribution in [0.25, 0.3) is 0 Å². The van der Waals surface area contributed by atoms with Crippen molar-refractivity contribution >= 4 is 5.91 Å². The molecule has 100 valence electrons. The summed E-state index contributed by atoms with van der Waals surface area (Å²) in [5.74, 6) is 0.706. The Bertz CT molecular complexity index is 357. The van der Waals surface area contributed by atoms with Crippen LogP contribution in [0.3, 0.4) is 0 Å². The lowest BCUT2D eigenvalue weighted by Gasteiger charge is -2.29. The molecule has 1 saturated heterocycles. The van der Waals surface area contributed by atoms with E-state index in [1.165, 1.54) is 0 Å². The summed E-state index contributed by atoms with van der Waals surface area (Å²) in [6, 6.07) is 1.74. The summed E-state index contributed by atoms with van der Waals surface area (Å²) in [6.45, 7) is 5.94. The Kier molecular flexibility index (Phi) is 4.75. The van der Waals surface area contributed by atoms with Gasteiger partial charge in [0, 0.05) is 19.3 Å². The molecule has 18 heavy (non-hydrogen) atoms. The fourth-order valence-electron chi connectivity index (χ4n) is 2.47. The van der Waals surface area contributed by atoms with Crippen molar-refractivity contribution in [2.75, 3.05) is 26.2 Å². The molecule has 0 radical (unpaired) electrons. The standard InChI is InChI=1S/C13H22N4O/c1-2-9-17(10-11-3-6-14-7-4-11)13(18)12-5-8-15-16-12/h5,8,11,14H,2-4,6-7,9-10H2,1H3,(H,15,16). The van der Waals surface area contributed by atoms with E-state index in [0.29, 0.717) is 11.6 Å². The highest BCUT2D eigenvalue weighted by molar-refractivity contribution is 5.92. The summed E-state index contributed by atoms with van der Waals surface area (Å²) < 4.78 is 0. The molecule has 2 N–H and O–H groups in total. The van der Waals surface area contributed by atoms with Crippen LogP contribution in [0, 0.1) is 5.92 Å². The molecule has 0 unspecified atom stereocenters. The molecule has 0 saturated carbocycles. The van der Waals surface area contributed by atoms with Crippen molar-refractivity contribution < 1.29 is 4.79 Å². The molecular formula is C13H22N4O. The molecular weight excluding hydrogens is 228 g/mol. The number of nitrogens with one attached hydrogen (secondary N) is 2. The molecule has 0 atom stereocenters. The average molecular weight is 250 g/mol. The third kappa shape index (κ3) is 3.32. The maximum Gasteiger partial charge on any atom is 0.271 e. The Balaban J connectivity index is 1.96. The molecule has 0 bridgehead atoms. The SMILES string of the molecule is CCCN(CC1CCNCC1)C(=O)c1ccn[nH]1. The van der Waals surface area contributed by atoms with Crippen LogP contribution >= 0.6 is 0 Å². The van der Waals surface area contributed by atoms with Crippen LogP contribution < -0.4 is 5.32 Å². The minimum absolute atomic E-state index is 0.0767. The van der Waals surface area contributed by atoms with Gasteiger partial charge in [-0.1, -0.05) is 6.92 Å². The van der Waals surface area contributed by atoms with Crippen molar-refractivity contribution in [1.29, 1.82) is 0 Å². The molecule has 2 rings (SSSR count). The predicted octanol–water partition coefficient (Wildman–Crippen LogP) is 1.26. The highest BCUT2D eigenvalue weighted by Crippen LogP contribution is 2.15. The molecule has 1 aliphatic rings. The fraction of sp³-hybridized carbons (Fsp3) is 0.692. The molecule has 0 aromatic carbocycles. The first-order chi connectivity index (χ1) is 8.81. The van der Waals surface area contributed by atoms with Crippen molar-refractivity contribution in [2.45, 2.75) is 26.2 Å². The van der Waals surface area contributed by atoms with Gasteiger partial charge in [-0.05, 0) is 44.3 Å². The number of amides is 1. The third-order valence-electron chi connectivity index (χ3n) is 3.45. The van der Waals surface area contributed by atoms with Gasteiger partial charge in [-0.15, -0.1) is 0 Å². The third-order valence-corrected chi connectivity index (χ3v) is 3.45. The Morgan fingerprint density at radius 2 is 2.28 bits per heavy atom. The fourth-order valence-corrected chi connectivity index (χ4v) is 2.47. The zero-order valence-electron chi connectivity index (χ0n) is 11.0. The van der Waals surface area contributed by atoms with Gasteiger partial charge in [-0.25, -0.2) is 0 Å². The lowest BCUT2D eigenvalue weighted by Crippen LogP contribution is -2.39. The molecule has 1 fully saturated rings. The Labute approximate surface area is 108 Å². The second-order valence-corrected chi connectivity index (χ2v) is 4.91. The zero-order valence-corrected chi connectivity index (χ0v) is 11.0. The Hall–Kier alpha value is -1.36. The number of carbonyl (C=O) groups excluding carboxylic acids is 1. The maximum absolute atomic E-state index is 12.3. The van der Waals surface area contributed by atoms with Crippen LogP contribution in [0.1, 0.15) is 36.7 Å². The minimum atomic E-state index is 0.0767. The van der Waals surface area contributed by atoms with Crippen molar-refractivity contribution in [3.63, 3.8) is 0 Å². The molecule has 1 aromatic heterocycles. The monoisotopic (exact) mass is 250 g/mol. The summed E-state index contributed by atoms with van der Waals surface area (Å²) in [5.41, 5.74) is 0.595. The van der Waals surface area contributed by atoms with Crippen molar-refractivity contribution in [2.24, 2.45) is 5.92 Å². The van der Waals surface area contributed by atoms with Gasteiger partial charge in [-0.2, -0.15) is 5.10 Å². The number of nitrogens with zero attached hydrogens (tertiary/aromatic N) is 2. The zero-order chi connectivity index (χ0) is 12.8. The Morgan fingerprint density at radius 1 is 1.50 bits per heavy atom. The molecule has 2 heterocycles. The highest BCUT2D eigenvalue weighted by Gasteiger charge is 2.21. The lowest BCUT2D eigenvalue weighted by atomic mass is 9.97. The first-order valence-corrected chi connectivity index (χ1v) is 6.80. The van der Waals surface area contributed by atoms with Gasteiger partial charge in [0.25, 0.3) is 5.91 Å². The topological polar surface area (TPSA) is 61.0 Å². The normalized spacial score (nSPS) is 16.7. The van der Waals surface area contributed by atoms with Gasteiger partial charge in [-0.3, -0.25) is 9.89 Å². The number of hydrogen-bond donors (Lipinski definition) is 2. The molecule has 0 aliphatic carbocycles. The molecule has 5 heteroatoms. The van der Waals surface area contributed by atoms with Crippen LogP contribution in [-0.4, -0.2) is 47.2 Å². The van der Waals surface area contributed by atoms with Crippen LogP contribution in [0.15, 0.2) is 12.3 Å². The first-order valence-electron chi connectivity index (χ1n) is 6.80. The van der Waals surface area contributed by atoms with Crippen molar-refractivity contribution in [3.05, 3.63) is 18.0 Å². The maximum atomic E-state index is 12.3. The van der Waals surface area contributed by atoms with Gasteiger partial charge in [0.05, 0.1) is 0 Å². The molecule has 1 aliphatic heterocycles. The van der Waals surface area contributed by atoms with Crippen LogP contribution in [0.4, 0.5) is 0 Å². The average Bonchev–Trinajstić information content (AvgIpc) is 2.92. The van der Waals surface area contributed by atoms with Crippen LogP contribution in [0.2, 0.25) is 0 Å². The number of carbonyl (C=O) groups is 1. The van der Waals surface area contributed by atoms with Gasteiger partial charge < -0.3 is 10.2 Å². The van der Waals surface area contributed by atoms with E-state index in [1.807, 2.05) is 4.90 Å². The van der Waals surface area contributed by atoms with E-state index in [9.17, 15) is 4.79 Å². The minimum Gasteiger partial charge on any atom is -0.337 e. The second-order valence-electron chi connectivity index (χ2n) is 4.91. The molecule has 5 nitrogen and oxygen atoms in total. The predicted molar refractivity (Wildman–Crippen MR) is 70.4 cm³/mol. The van der Waals surface area contributed by atoms with Crippen LogP contribution in [-0.2, 0) is 0 Å². The van der Waals surface area contributed by atoms with E-state index in [1.54, 1.807) is 12.3 Å². The van der Waals surface area contributed by atoms with Crippen molar-refractivity contribution in [3.8, 4) is 0 Å². The second kappa shape index (κ2) is 6.54. The van der Waals surface area contributed by atoms with Gasteiger partial charge in [0.2, 0.25) is 0 Å². The number of aromatic amines is 1. The van der Waals surface area contributed by atoms with E-state index < -0.39 is 0 Å². The van der Waals surface area contributed by atoms with E-state index >= 15 is 0 Å². The van der Waals surface area contributed by atoms with Crippen molar-refractivity contribution in [1.82, 2.24) is 20.4 Å². The smallest absolute Gasteiger partial charge is 0.271 e. The van der Waals surface area contributed by atoms with Gasteiger partial charge in [0.1, 0.15) is 5.69 Å². The van der Waals surface area contributed by atoms with E-state index in [4.69, 9.17) is 0 Å². The number of aromatic nitrogens is 2. The summed E-state index contributed by atoms with van der Waals surface area (Å²) in [6.07, 6.45) is 4.94.